The quantitative estimate of drug-likeness (QED) is 0.511. The van der Waals surface area contributed by atoms with Gasteiger partial charge in [0.1, 0.15) is 17.6 Å². The van der Waals surface area contributed by atoms with Crippen molar-refractivity contribution in [1.82, 2.24) is 10.3 Å². The van der Waals surface area contributed by atoms with E-state index in [0.717, 1.165) is 0 Å². The maximum absolute atomic E-state index is 10.8. The molecule has 0 saturated carbocycles. The molecule has 0 aromatic carbocycles. The zero-order chi connectivity index (χ0) is 14.5. The van der Waals surface area contributed by atoms with Crippen molar-refractivity contribution in [2.45, 2.75) is 12.5 Å². The van der Waals surface area contributed by atoms with Gasteiger partial charge >= 0.3 is 0 Å². The average Bonchev–Trinajstić information content (AvgIpc) is 2.86. The van der Waals surface area contributed by atoms with Crippen LogP contribution >= 0.6 is 35.4 Å². The van der Waals surface area contributed by atoms with Crippen LogP contribution in [-0.4, -0.2) is 22.9 Å². The number of nitrogens with one attached hydrogen (secondary N) is 1. The van der Waals surface area contributed by atoms with Gasteiger partial charge in [-0.3, -0.25) is 4.79 Å². The van der Waals surface area contributed by atoms with E-state index in [-0.39, 0.29) is 6.10 Å². The van der Waals surface area contributed by atoms with Crippen molar-refractivity contribution >= 4 is 53.0 Å². The number of rotatable bonds is 5. The molecule has 1 unspecified atom stereocenters. The molecule has 0 saturated heterocycles. The van der Waals surface area contributed by atoms with Crippen molar-refractivity contribution in [3.05, 3.63) is 45.9 Å². The lowest BCUT2D eigenvalue weighted by atomic mass is 10.2. The minimum atomic E-state index is -0.263. The summed E-state index contributed by atoms with van der Waals surface area (Å²) < 4.78 is 5.69. The number of allylic oxidation sites excluding steroid dienone is 1. The van der Waals surface area contributed by atoms with Gasteiger partial charge < -0.3 is 10.1 Å². The number of carbonyl (C=O) groups is 1. The van der Waals surface area contributed by atoms with E-state index in [1.807, 2.05) is 6.08 Å². The summed E-state index contributed by atoms with van der Waals surface area (Å²) in [6, 6.07) is 1.60. The molecule has 1 N–H and O–H groups in total. The highest BCUT2D eigenvalue weighted by atomic mass is 35.5. The van der Waals surface area contributed by atoms with Gasteiger partial charge in [0, 0.05) is 12.6 Å². The minimum absolute atomic E-state index is 0.263. The van der Waals surface area contributed by atoms with Gasteiger partial charge in [-0.15, -0.1) is 0 Å². The van der Waals surface area contributed by atoms with Crippen LogP contribution in [0.25, 0.3) is 5.76 Å². The number of pyridine rings is 1. The normalized spacial score (nSPS) is 18.2. The summed E-state index contributed by atoms with van der Waals surface area (Å²) in [5, 5.41) is 3.53. The second-order valence-electron chi connectivity index (χ2n) is 3.95. The zero-order valence-corrected chi connectivity index (χ0v) is 12.5. The fraction of sp³-hybridized carbons (Fsp3) is 0.154. The maximum atomic E-state index is 10.8. The molecule has 20 heavy (non-hydrogen) atoms. The molecular weight excluding hydrogens is 319 g/mol. The molecule has 4 nitrogen and oxygen atoms in total. The number of aromatic nitrogens is 1. The predicted octanol–water partition coefficient (Wildman–Crippen LogP) is 3.15. The molecular formula is C13H10Cl2N2O2S. The van der Waals surface area contributed by atoms with Crippen LogP contribution in [0.1, 0.15) is 12.1 Å². The Hall–Kier alpha value is -1.43. The van der Waals surface area contributed by atoms with Crippen molar-refractivity contribution in [3.63, 3.8) is 0 Å². The van der Waals surface area contributed by atoms with Crippen LogP contribution < -0.4 is 5.32 Å². The van der Waals surface area contributed by atoms with E-state index in [0.29, 0.717) is 39.9 Å². The molecule has 1 aliphatic heterocycles. The van der Waals surface area contributed by atoms with E-state index in [1.54, 1.807) is 12.1 Å². The molecule has 1 aromatic rings. The lowest BCUT2D eigenvalue weighted by Gasteiger charge is -2.11. The number of hydrogen-bond donors (Lipinski definition) is 1. The molecule has 0 fully saturated rings. The van der Waals surface area contributed by atoms with Crippen LogP contribution in [0.5, 0.6) is 0 Å². The molecule has 1 atom stereocenters. The molecule has 0 radical (unpaired) electrons. The molecule has 1 aromatic heterocycles. The Kier molecular flexibility index (Phi) is 5.11. The van der Waals surface area contributed by atoms with Gasteiger partial charge in [0.05, 0.1) is 21.2 Å². The first kappa shape index (κ1) is 15.0. The lowest BCUT2D eigenvalue weighted by molar-refractivity contribution is -0.105. The van der Waals surface area contributed by atoms with Gasteiger partial charge in [0.2, 0.25) is 0 Å². The third-order valence-corrected chi connectivity index (χ3v) is 3.19. The predicted molar refractivity (Wildman–Crippen MR) is 82.7 cm³/mol. The molecule has 0 aliphatic carbocycles. The monoisotopic (exact) mass is 328 g/mol. The number of nitrogens with zero attached hydrogens (tertiary/aromatic N) is 1. The average molecular weight is 329 g/mol. The first-order valence-corrected chi connectivity index (χ1v) is 6.92. The Morgan fingerprint density at radius 1 is 1.55 bits per heavy atom. The Morgan fingerprint density at radius 3 is 3.00 bits per heavy atom. The van der Waals surface area contributed by atoms with Crippen LogP contribution in [-0.2, 0) is 9.53 Å². The van der Waals surface area contributed by atoms with Crippen LogP contribution in [0, 0.1) is 0 Å². The smallest absolute Gasteiger partial charge is 0.166 e. The summed E-state index contributed by atoms with van der Waals surface area (Å²) in [5.41, 5.74) is 2.15. The topological polar surface area (TPSA) is 51.2 Å². The van der Waals surface area contributed by atoms with Crippen LogP contribution in [0.2, 0.25) is 10.0 Å². The molecule has 2 heterocycles. The van der Waals surface area contributed by atoms with Crippen LogP contribution in [0.3, 0.4) is 0 Å². The van der Waals surface area contributed by atoms with E-state index in [2.05, 4.69) is 22.5 Å². The third kappa shape index (κ3) is 3.56. The molecule has 104 valence electrons. The maximum Gasteiger partial charge on any atom is 0.166 e. The van der Waals surface area contributed by atoms with Crippen molar-refractivity contribution in [2.75, 3.05) is 0 Å². The lowest BCUT2D eigenvalue weighted by Crippen LogP contribution is -2.14. The van der Waals surface area contributed by atoms with Crippen LogP contribution in [0.4, 0.5) is 0 Å². The zero-order valence-electron chi connectivity index (χ0n) is 10.2. The van der Waals surface area contributed by atoms with Crippen molar-refractivity contribution < 1.29 is 9.53 Å². The number of halogens is 2. The van der Waals surface area contributed by atoms with E-state index in [9.17, 15) is 4.79 Å². The highest BCUT2D eigenvalue weighted by molar-refractivity contribution is 7.78. The van der Waals surface area contributed by atoms with Gasteiger partial charge in [0.25, 0.3) is 0 Å². The number of thiocarbonyl (C=S) groups is 1. The highest BCUT2D eigenvalue weighted by Crippen LogP contribution is 2.31. The Bertz CT molecular complexity index is 602. The highest BCUT2D eigenvalue weighted by Gasteiger charge is 2.21. The summed E-state index contributed by atoms with van der Waals surface area (Å²) in [6.07, 6.45) is 6.05. The van der Waals surface area contributed by atoms with Gasteiger partial charge in [0.15, 0.2) is 6.29 Å². The van der Waals surface area contributed by atoms with E-state index >= 15 is 0 Å². The summed E-state index contributed by atoms with van der Waals surface area (Å²) >= 11 is 16.5. The largest absolute Gasteiger partial charge is 0.484 e. The molecule has 0 bridgehead atoms. The van der Waals surface area contributed by atoms with E-state index in [4.69, 9.17) is 27.9 Å². The Morgan fingerprint density at radius 2 is 2.35 bits per heavy atom. The fourth-order valence-corrected chi connectivity index (χ4v) is 2.33. The second-order valence-corrected chi connectivity index (χ2v) is 5.03. The molecule has 0 amide bonds. The first-order valence-electron chi connectivity index (χ1n) is 5.69. The second kappa shape index (κ2) is 6.83. The number of hydrogen-bond acceptors (Lipinski definition) is 4. The van der Waals surface area contributed by atoms with Crippen molar-refractivity contribution in [2.24, 2.45) is 0 Å². The first-order chi connectivity index (χ1) is 9.63. The van der Waals surface area contributed by atoms with Crippen molar-refractivity contribution in [3.8, 4) is 0 Å². The minimum Gasteiger partial charge on any atom is -0.484 e. The number of aldehydes is 1. The fourth-order valence-electron chi connectivity index (χ4n) is 1.72. The molecule has 1 aliphatic rings. The van der Waals surface area contributed by atoms with E-state index in [1.165, 1.54) is 11.7 Å². The van der Waals surface area contributed by atoms with Gasteiger partial charge in [-0.25, -0.2) is 4.98 Å². The summed E-state index contributed by atoms with van der Waals surface area (Å²) in [7, 11) is 0. The molecule has 7 heteroatoms. The number of ether oxygens (including phenoxy) is 1. The summed E-state index contributed by atoms with van der Waals surface area (Å²) in [5.74, 6) is 0.570. The Balaban J connectivity index is 2.12. The molecule has 0 spiro atoms. The molecule has 2 rings (SSSR count). The SMILES string of the molecule is O=C/C(=C\C1CC=C(c2ncc(Cl)cc2Cl)O1)NC=S. The van der Waals surface area contributed by atoms with Crippen LogP contribution in [0.15, 0.2) is 30.1 Å². The summed E-state index contributed by atoms with van der Waals surface area (Å²) in [4.78, 5) is 15.0. The van der Waals surface area contributed by atoms with Gasteiger partial charge in [-0.1, -0.05) is 35.4 Å². The van der Waals surface area contributed by atoms with Gasteiger partial charge in [-0.05, 0) is 18.2 Å². The summed E-state index contributed by atoms with van der Waals surface area (Å²) in [6.45, 7) is 0. The van der Waals surface area contributed by atoms with Crippen molar-refractivity contribution in [1.29, 1.82) is 0 Å². The standard InChI is InChI=1S/C13H10Cl2N2O2S/c14-8-3-11(15)13(16-5-8)12-2-1-10(19-12)4-9(6-18)17-7-20/h2-7,10H,1H2,(H,17,20)/b9-4+. The number of carbonyl (C=O) groups excluding carboxylic acids is 1. The Labute approximate surface area is 131 Å². The van der Waals surface area contributed by atoms with Gasteiger partial charge in [-0.2, -0.15) is 0 Å². The third-order valence-electron chi connectivity index (χ3n) is 2.57. The van der Waals surface area contributed by atoms with E-state index < -0.39 is 0 Å².